The lowest BCUT2D eigenvalue weighted by Crippen LogP contribution is -2.09. The zero-order chi connectivity index (χ0) is 14.8. The minimum Gasteiger partial charge on any atom is -0.477 e. The third-order valence-electron chi connectivity index (χ3n) is 3.79. The van der Waals surface area contributed by atoms with Gasteiger partial charge in [0.2, 0.25) is 0 Å². The van der Waals surface area contributed by atoms with Crippen molar-refractivity contribution in [3.8, 4) is 0 Å². The molecule has 0 radical (unpaired) electrons. The first kappa shape index (κ1) is 13.4. The average Bonchev–Trinajstić information content (AvgIpc) is 2.49. The number of nitrogen functional groups attached to an aromatic ring is 1. The fourth-order valence-electron chi connectivity index (χ4n) is 2.72. The molecule has 1 aliphatic rings. The van der Waals surface area contributed by atoms with Crippen molar-refractivity contribution in [1.82, 2.24) is 4.98 Å². The van der Waals surface area contributed by atoms with Gasteiger partial charge < -0.3 is 16.2 Å². The van der Waals surface area contributed by atoms with Gasteiger partial charge in [0, 0.05) is 5.69 Å². The summed E-state index contributed by atoms with van der Waals surface area (Å²) >= 11 is 0. The molecule has 1 aliphatic carbocycles. The van der Waals surface area contributed by atoms with Crippen LogP contribution in [0.1, 0.15) is 34.5 Å². The fraction of sp³-hybridized carbons (Fsp3) is 0.250. The van der Waals surface area contributed by atoms with Gasteiger partial charge in [-0.3, -0.25) is 0 Å². The second-order valence-corrected chi connectivity index (χ2v) is 5.21. The molecule has 108 valence electrons. The van der Waals surface area contributed by atoms with Gasteiger partial charge in [-0.05, 0) is 55.0 Å². The topological polar surface area (TPSA) is 88.2 Å². The van der Waals surface area contributed by atoms with E-state index in [9.17, 15) is 4.79 Å². The van der Waals surface area contributed by atoms with Crippen LogP contribution in [0, 0.1) is 0 Å². The van der Waals surface area contributed by atoms with Crippen molar-refractivity contribution in [2.24, 2.45) is 0 Å². The lowest BCUT2D eigenvalue weighted by atomic mass is 9.90. The predicted octanol–water partition coefficient (Wildman–Crippen LogP) is 2.98. The summed E-state index contributed by atoms with van der Waals surface area (Å²) < 4.78 is 0. The number of carboxylic acids is 1. The summed E-state index contributed by atoms with van der Waals surface area (Å²) in [4.78, 5) is 15.1. The van der Waals surface area contributed by atoms with Gasteiger partial charge in [0.05, 0.1) is 5.69 Å². The Morgan fingerprint density at radius 3 is 2.81 bits per heavy atom. The van der Waals surface area contributed by atoms with Crippen LogP contribution in [-0.2, 0) is 12.8 Å². The molecule has 0 fully saturated rings. The standard InChI is InChI=1S/C16H17N3O2/c17-12-8-9-14(16(20)21)19-15(12)18-13-7-3-5-10-4-1-2-6-11(10)13/h3,5,7-9H,1-2,4,6,17H2,(H,18,19)(H,20,21). The number of aromatic carboxylic acids is 1. The highest BCUT2D eigenvalue weighted by Gasteiger charge is 2.15. The minimum absolute atomic E-state index is 0.0171. The van der Waals surface area contributed by atoms with E-state index >= 15 is 0 Å². The molecule has 0 aliphatic heterocycles. The van der Waals surface area contributed by atoms with E-state index in [2.05, 4.69) is 16.4 Å². The number of aryl methyl sites for hydroxylation is 1. The van der Waals surface area contributed by atoms with Crippen molar-refractivity contribution >= 4 is 23.2 Å². The molecular weight excluding hydrogens is 266 g/mol. The molecule has 0 bridgehead atoms. The minimum atomic E-state index is -1.06. The van der Waals surface area contributed by atoms with Crippen LogP contribution >= 0.6 is 0 Å². The summed E-state index contributed by atoms with van der Waals surface area (Å²) in [6.45, 7) is 0. The van der Waals surface area contributed by atoms with Crippen molar-refractivity contribution in [1.29, 1.82) is 0 Å². The Morgan fingerprint density at radius 2 is 2.00 bits per heavy atom. The number of hydrogen-bond donors (Lipinski definition) is 3. The maximum atomic E-state index is 11.0. The molecule has 0 unspecified atom stereocenters. The van der Waals surface area contributed by atoms with Crippen molar-refractivity contribution < 1.29 is 9.90 Å². The first-order chi connectivity index (χ1) is 10.1. The van der Waals surface area contributed by atoms with Gasteiger partial charge in [0.1, 0.15) is 0 Å². The molecule has 0 spiro atoms. The number of fused-ring (bicyclic) bond motifs is 1. The fourth-order valence-corrected chi connectivity index (χ4v) is 2.72. The maximum absolute atomic E-state index is 11.0. The lowest BCUT2D eigenvalue weighted by molar-refractivity contribution is 0.0690. The zero-order valence-electron chi connectivity index (χ0n) is 11.6. The van der Waals surface area contributed by atoms with Crippen molar-refractivity contribution in [3.63, 3.8) is 0 Å². The van der Waals surface area contributed by atoms with E-state index in [0.29, 0.717) is 11.5 Å². The predicted molar refractivity (Wildman–Crippen MR) is 82.0 cm³/mol. The highest BCUT2D eigenvalue weighted by Crippen LogP contribution is 2.30. The number of pyridine rings is 1. The number of nitrogens with one attached hydrogen (secondary N) is 1. The normalized spacial score (nSPS) is 13.5. The summed E-state index contributed by atoms with van der Waals surface area (Å²) in [5.74, 6) is -0.665. The average molecular weight is 283 g/mol. The molecule has 1 aromatic carbocycles. The molecule has 21 heavy (non-hydrogen) atoms. The highest BCUT2D eigenvalue weighted by atomic mass is 16.4. The molecular formula is C16H17N3O2. The summed E-state index contributed by atoms with van der Waals surface area (Å²) in [6.07, 6.45) is 4.50. The van der Waals surface area contributed by atoms with Crippen LogP contribution in [0.5, 0.6) is 0 Å². The van der Waals surface area contributed by atoms with E-state index < -0.39 is 5.97 Å². The Balaban J connectivity index is 1.97. The largest absolute Gasteiger partial charge is 0.477 e. The Hall–Kier alpha value is -2.56. The Kier molecular flexibility index (Phi) is 3.48. The van der Waals surface area contributed by atoms with Gasteiger partial charge >= 0.3 is 5.97 Å². The van der Waals surface area contributed by atoms with Crippen LogP contribution in [0.15, 0.2) is 30.3 Å². The third kappa shape index (κ3) is 2.67. The third-order valence-corrected chi connectivity index (χ3v) is 3.79. The quantitative estimate of drug-likeness (QED) is 0.806. The van der Waals surface area contributed by atoms with E-state index in [1.54, 1.807) is 6.07 Å². The molecule has 3 rings (SSSR count). The van der Waals surface area contributed by atoms with Crippen LogP contribution in [0.3, 0.4) is 0 Å². The monoisotopic (exact) mass is 283 g/mol. The number of nitrogens with zero attached hydrogens (tertiary/aromatic N) is 1. The van der Waals surface area contributed by atoms with Crippen LogP contribution in [0.2, 0.25) is 0 Å². The number of carboxylic acid groups (broad SMARTS) is 1. The van der Waals surface area contributed by atoms with Gasteiger partial charge in [-0.1, -0.05) is 12.1 Å². The summed E-state index contributed by atoms with van der Waals surface area (Å²) in [5, 5.41) is 12.2. The highest BCUT2D eigenvalue weighted by molar-refractivity contribution is 5.87. The number of rotatable bonds is 3. The van der Waals surface area contributed by atoms with Gasteiger partial charge in [-0.25, -0.2) is 9.78 Å². The second kappa shape index (κ2) is 5.44. The summed E-state index contributed by atoms with van der Waals surface area (Å²) in [7, 11) is 0. The van der Waals surface area contributed by atoms with E-state index in [-0.39, 0.29) is 5.69 Å². The number of aromatic nitrogens is 1. The molecule has 1 heterocycles. The van der Waals surface area contributed by atoms with Crippen molar-refractivity contribution in [3.05, 3.63) is 47.2 Å². The molecule has 2 aromatic rings. The number of anilines is 3. The van der Waals surface area contributed by atoms with E-state index in [0.717, 1.165) is 18.5 Å². The second-order valence-electron chi connectivity index (χ2n) is 5.21. The van der Waals surface area contributed by atoms with Crippen LogP contribution in [0.4, 0.5) is 17.2 Å². The first-order valence-electron chi connectivity index (χ1n) is 7.03. The molecule has 0 amide bonds. The van der Waals surface area contributed by atoms with E-state index in [1.165, 1.54) is 30.0 Å². The first-order valence-corrected chi connectivity index (χ1v) is 7.03. The number of nitrogens with two attached hydrogens (primary N) is 1. The lowest BCUT2D eigenvalue weighted by Gasteiger charge is -2.20. The Labute approximate surface area is 122 Å². The molecule has 0 saturated heterocycles. The number of benzene rings is 1. The molecule has 0 atom stereocenters. The van der Waals surface area contributed by atoms with Crippen molar-refractivity contribution in [2.45, 2.75) is 25.7 Å². The molecule has 5 nitrogen and oxygen atoms in total. The smallest absolute Gasteiger partial charge is 0.354 e. The SMILES string of the molecule is Nc1ccc(C(=O)O)nc1Nc1cccc2c1CCCC2. The Bertz CT molecular complexity index is 698. The van der Waals surface area contributed by atoms with Crippen molar-refractivity contribution in [2.75, 3.05) is 11.1 Å². The maximum Gasteiger partial charge on any atom is 0.354 e. The van der Waals surface area contributed by atoms with Crippen LogP contribution in [-0.4, -0.2) is 16.1 Å². The van der Waals surface area contributed by atoms with Crippen LogP contribution < -0.4 is 11.1 Å². The number of hydrogen-bond acceptors (Lipinski definition) is 4. The summed E-state index contributed by atoms with van der Waals surface area (Å²) in [6, 6.07) is 9.10. The zero-order valence-corrected chi connectivity index (χ0v) is 11.6. The Morgan fingerprint density at radius 1 is 1.19 bits per heavy atom. The van der Waals surface area contributed by atoms with E-state index in [4.69, 9.17) is 10.8 Å². The number of carbonyl (C=O) groups is 1. The van der Waals surface area contributed by atoms with Gasteiger partial charge in [-0.15, -0.1) is 0 Å². The van der Waals surface area contributed by atoms with Gasteiger partial charge in [-0.2, -0.15) is 0 Å². The molecule has 4 N–H and O–H groups in total. The van der Waals surface area contributed by atoms with Gasteiger partial charge in [0.25, 0.3) is 0 Å². The molecule has 1 aromatic heterocycles. The van der Waals surface area contributed by atoms with Gasteiger partial charge in [0.15, 0.2) is 11.5 Å². The van der Waals surface area contributed by atoms with E-state index in [1.807, 2.05) is 12.1 Å². The molecule has 0 saturated carbocycles. The van der Waals surface area contributed by atoms with Crippen LogP contribution in [0.25, 0.3) is 0 Å². The molecule has 5 heteroatoms. The summed E-state index contributed by atoms with van der Waals surface area (Å²) in [5.41, 5.74) is 9.91.